The minimum absolute atomic E-state index is 0.0660. The zero-order valence-corrected chi connectivity index (χ0v) is 17.1. The summed E-state index contributed by atoms with van der Waals surface area (Å²) in [7, 11) is 2.17. The number of hydrogen-bond donors (Lipinski definition) is 0. The highest BCUT2D eigenvalue weighted by Crippen LogP contribution is 2.27. The van der Waals surface area contributed by atoms with Crippen LogP contribution < -0.4 is 9.64 Å². The van der Waals surface area contributed by atoms with Gasteiger partial charge in [0.2, 0.25) is 0 Å². The molecule has 0 amide bonds. The van der Waals surface area contributed by atoms with Crippen molar-refractivity contribution in [1.82, 2.24) is 14.3 Å². The summed E-state index contributed by atoms with van der Waals surface area (Å²) in [5.74, 6) is 0.658. The Bertz CT molecular complexity index is 1160. The van der Waals surface area contributed by atoms with Crippen molar-refractivity contribution in [3.8, 4) is 16.9 Å². The largest absolute Gasteiger partial charge is 0.491 e. The van der Waals surface area contributed by atoms with E-state index in [1.165, 1.54) is 11.3 Å². The van der Waals surface area contributed by atoms with Crippen LogP contribution in [0.15, 0.2) is 60.8 Å². The number of aromatic nitrogens is 2. The molecule has 1 saturated heterocycles. The van der Waals surface area contributed by atoms with Crippen LogP contribution in [0.2, 0.25) is 0 Å². The predicted octanol–water partition coefficient (Wildman–Crippen LogP) is 4.25. The van der Waals surface area contributed by atoms with Crippen LogP contribution in [0, 0.1) is 0 Å². The van der Waals surface area contributed by atoms with E-state index < -0.39 is 6.67 Å². The molecule has 1 aliphatic heterocycles. The Morgan fingerprint density at radius 2 is 1.73 bits per heavy atom. The summed E-state index contributed by atoms with van der Waals surface area (Å²) in [6, 6.07) is 18.7. The van der Waals surface area contributed by atoms with E-state index in [2.05, 4.69) is 53.2 Å². The number of pyridine rings is 1. The molecule has 5 rings (SSSR count). The Morgan fingerprint density at radius 1 is 0.933 bits per heavy atom. The molecular formula is C24H25FN4O. The first-order valence-corrected chi connectivity index (χ1v) is 10.4. The van der Waals surface area contributed by atoms with Crippen LogP contribution in [-0.4, -0.2) is 60.8 Å². The lowest BCUT2D eigenvalue weighted by Crippen LogP contribution is -2.44. The van der Waals surface area contributed by atoms with Gasteiger partial charge in [0.1, 0.15) is 24.7 Å². The average Bonchev–Trinajstić information content (AvgIpc) is 3.15. The van der Waals surface area contributed by atoms with Gasteiger partial charge in [0.15, 0.2) is 0 Å². The number of alkyl halides is 1. The van der Waals surface area contributed by atoms with Crippen molar-refractivity contribution >= 4 is 22.4 Å². The Labute approximate surface area is 175 Å². The third kappa shape index (κ3) is 3.59. The fraction of sp³-hybridized carbons (Fsp3) is 0.292. The summed E-state index contributed by atoms with van der Waals surface area (Å²) in [6.45, 7) is 3.91. The fourth-order valence-electron chi connectivity index (χ4n) is 4.05. The molecule has 154 valence electrons. The molecular weight excluding hydrogens is 379 g/mol. The minimum atomic E-state index is -0.498. The molecule has 1 aliphatic rings. The number of imidazole rings is 1. The van der Waals surface area contributed by atoms with Crippen molar-refractivity contribution in [3.05, 3.63) is 60.8 Å². The topological polar surface area (TPSA) is 33.0 Å². The van der Waals surface area contributed by atoms with Gasteiger partial charge in [0.05, 0.1) is 11.0 Å². The van der Waals surface area contributed by atoms with Gasteiger partial charge in [-0.25, -0.2) is 9.37 Å². The van der Waals surface area contributed by atoms with Crippen molar-refractivity contribution in [3.63, 3.8) is 0 Å². The molecule has 0 atom stereocenters. The number of halogens is 1. The van der Waals surface area contributed by atoms with Crippen LogP contribution in [0.25, 0.3) is 27.8 Å². The Balaban J connectivity index is 1.42. The van der Waals surface area contributed by atoms with E-state index in [-0.39, 0.29) is 6.61 Å². The molecule has 0 spiro atoms. The van der Waals surface area contributed by atoms with Crippen LogP contribution in [0.1, 0.15) is 0 Å². The van der Waals surface area contributed by atoms with E-state index in [1.54, 1.807) is 0 Å². The van der Waals surface area contributed by atoms with E-state index in [9.17, 15) is 4.39 Å². The molecule has 0 saturated carbocycles. The maximum absolute atomic E-state index is 12.4. The number of piperazine rings is 1. The Hall–Kier alpha value is -3.12. The lowest BCUT2D eigenvalue weighted by atomic mass is 10.1. The number of fused-ring (bicyclic) bond motifs is 3. The summed E-state index contributed by atoms with van der Waals surface area (Å²) in [5.41, 5.74) is 6.32. The number of rotatable bonds is 5. The highest BCUT2D eigenvalue weighted by atomic mass is 19.1. The Morgan fingerprint density at radius 3 is 2.50 bits per heavy atom. The number of benzene rings is 2. The molecule has 0 bridgehead atoms. The number of ether oxygens (including phenoxy) is 1. The fourth-order valence-corrected chi connectivity index (χ4v) is 4.05. The molecule has 6 heteroatoms. The third-order valence-corrected chi connectivity index (χ3v) is 5.79. The van der Waals surface area contributed by atoms with Crippen molar-refractivity contribution < 1.29 is 9.13 Å². The van der Waals surface area contributed by atoms with Crippen molar-refractivity contribution in [2.75, 3.05) is 51.4 Å². The number of nitrogens with zero attached hydrogens (tertiary/aromatic N) is 4. The number of likely N-dealkylation sites (N-methyl/N-ethyl adjacent to an activating group) is 1. The molecule has 0 radical (unpaired) electrons. The summed E-state index contributed by atoms with van der Waals surface area (Å²) in [4.78, 5) is 9.55. The van der Waals surface area contributed by atoms with Gasteiger partial charge >= 0.3 is 0 Å². The summed E-state index contributed by atoms with van der Waals surface area (Å²) in [5, 5.41) is 0. The zero-order valence-electron chi connectivity index (χ0n) is 17.1. The molecule has 0 N–H and O–H groups in total. The number of anilines is 1. The summed E-state index contributed by atoms with van der Waals surface area (Å²) in [6.07, 6.45) is 2.04. The molecule has 2 aromatic carbocycles. The standard InChI is InChI=1S/C24H25FN4O/c1-27-11-13-28(14-12-27)20-4-2-18(3-5-20)19-8-10-29-23-17-21(30-15-9-25)6-7-22(23)26-24(29)16-19/h2-8,10,16-17H,9,11-15H2,1H3. The van der Waals surface area contributed by atoms with E-state index in [0.29, 0.717) is 5.75 Å². The lowest BCUT2D eigenvalue weighted by Gasteiger charge is -2.34. The van der Waals surface area contributed by atoms with Crippen LogP contribution in [0.5, 0.6) is 5.75 Å². The normalized spacial score (nSPS) is 15.2. The predicted molar refractivity (Wildman–Crippen MR) is 119 cm³/mol. The molecule has 3 heterocycles. The van der Waals surface area contributed by atoms with Gasteiger partial charge in [0, 0.05) is 44.1 Å². The van der Waals surface area contributed by atoms with Gasteiger partial charge < -0.3 is 14.5 Å². The Kier molecular flexibility index (Phi) is 5.01. The van der Waals surface area contributed by atoms with E-state index in [0.717, 1.165) is 48.4 Å². The van der Waals surface area contributed by atoms with Gasteiger partial charge in [-0.3, -0.25) is 4.40 Å². The van der Waals surface area contributed by atoms with Gasteiger partial charge in [-0.15, -0.1) is 0 Å². The lowest BCUT2D eigenvalue weighted by molar-refractivity contribution is 0.273. The highest BCUT2D eigenvalue weighted by Gasteiger charge is 2.14. The van der Waals surface area contributed by atoms with Gasteiger partial charge in [-0.05, 0) is 54.6 Å². The highest BCUT2D eigenvalue weighted by molar-refractivity contribution is 5.83. The van der Waals surface area contributed by atoms with Crippen LogP contribution in [-0.2, 0) is 0 Å². The first-order valence-electron chi connectivity index (χ1n) is 10.4. The second kappa shape index (κ2) is 7.95. The number of hydrogen-bond acceptors (Lipinski definition) is 4. The average molecular weight is 404 g/mol. The van der Waals surface area contributed by atoms with E-state index in [1.807, 2.05) is 28.8 Å². The zero-order chi connectivity index (χ0) is 20.5. The van der Waals surface area contributed by atoms with Gasteiger partial charge in [-0.2, -0.15) is 0 Å². The molecule has 5 nitrogen and oxygen atoms in total. The summed E-state index contributed by atoms with van der Waals surface area (Å²) < 4.78 is 19.9. The molecule has 2 aromatic heterocycles. The smallest absolute Gasteiger partial charge is 0.138 e. The monoisotopic (exact) mass is 404 g/mol. The SMILES string of the molecule is CN1CCN(c2ccc(-c3ccn4c(c3)nc3ccc(OCCF)cc34)cc2)CC1. The van der Waals surface area contributed by atoms with Crippen LogP contribution >= 0.6 is 0 Å². The minimum Gasteiger partial charge on any atom is -0.491 e. The summed E-state index contributed by atoms with van der Waals surface area (Å²) >= 11 is 0. The van der Waals surface area contributed by atoms with Crippen LogP contribution in [0.3, 0.4) is 0 Å². The second-order valence-electron chi connectivity index (χ2n) is 7.78. The van der Waals surface area contributed by atoms with E-state index in [4.69, 9.17) is 9.72 Å². The van der Waals surface area contributed by atoms with Crippen molar-refractivity contribution in [1.29, 1.82) is 0 Å². The third-order valence-electron chi connectivity index (χ3n) is 5.79. The quantitative estimate of drug-likeness (QED) is 0.498. The molecule has 4 aromatic rings. The molecule has 0 aliphatic carbocycles. The molecule has 1 fully saturated rings. The van der Waals surface area contributed by atoms with Crippen molar-refractivity contribution in [2.24, 2.45) is 0 Å². The van der Waals surface area contributed by atoms with Crippen LogP contribution in [0.4, 0.5) is 10.1 Å². The first kappa shape index (κ1) is 18.9. The molecule has 0 unspecified atom stereocenters. The van der Waals surface area contributed by atoms with Crippen molar-refractivity contribution in [2.45, 2.75) is 0 Å². The second-order valence-corrected chi connectivity index (χ2v) is 7.78. The first-order chi connectivity index (χ1) is 14.7. The maximum Gasteiger partial charge on any atom is 0.138 e. The van der Waals surface area contributed by atoms with Gasteiger partial charge in [-0.1, -0.05) is 12.1 Å². The van der Waals surface area contributed by atoms with E-state index >= 15 is 0 Å². The maximum atomic E-state index is 12.4. The van der Waals surface area contributed by atoms with Gasteiger partial charge in [0.25, 0.3) is 0 Å². The molecule has 30 heavy (non-hydrogen) atoms.